The van der Waals surface area contributed by atoms with Crippen LogP contribution in [0.2, 0.25) is 0 Å². The minimum absolute atomic E-state index is 0.162. The molecule has 0 fully saturated rings. The average Bonchev–Trinajstić information content (AvgIpc) is 3.13. The summed E-state index contributed by atoms with van der Waals surface area (Å²) in [5.41, 5.74) is 2.03. The van der Waals surface area contributed by atoms with Crippen LogP contribution in [0.15, 0.2) is 64.0 Å². The monoisotopic (exact) mass is 351 g/mol. The number of pyridine rings is 1. The lowest BCUT2D eigenvalue weighted by Gasteiger charge is -2.16. The van der Waals surface area contributed by atoms with Crippen molar-refractivity contribution in [1.29, 1.82) is 0 Å². The molecule has 134 valence electrons. The molecule has 0 radical (unpaired) electrons. The molecule has 0 aliphatic carbocycles. The van der Waals surface area contributed by atoms with Crippen LogP contribution in [0.1, 0.15) is 22.5 Å². The maximum absolute atomic E-state index is 12.4. The molecular formula is C20H21N3O3. The minimum atomic E-state index is -0.195. The van der Waals surface area contributed by atoms with Crippen LogP contribution in [0.5, 0.6) is 0 Å². The second-order valence-electron chi connectivity index (χ2n) is 6.24. The third-order valence-electron chi connectivity index (χ3n) is 4.24. The summed E-state index contributed by atoms with van der Waals surface area (Å²) in [5, 5.41) is 4.09. The summed E-state index contributed by atoms with van der Waals surface area (Å²) in [6.45, 7) is 0.565. The highest BCUT2D eigenvalue weighted by atomic mass is 16.5. The average molecular weight is 351 g/mol. The van der Waals surface area contributed by atoms with E-state index in [0.717, 1.165) is 23.4 Å². The van der Waals surface area contributed by atoms with Crippen molar-refractivity contribution in [3.05, 3.63) is 76.4 Å². The van der Waals surface area contributed by atoms with Crippen LogP contribution in [0.3, 0.4) is 0 Å². The fourth-order valence-electron chi connectivity index (χ4n) is 2.67. The van der Waals surface area contributed by atoms with Crippen LogP contribution >= 0.6 is 0 Å². The maximum atomic E-state index is 12.4. The second kappa shape index (κ2) is 7.82. The van der Waals surface area contributed by atoms with E-state index in [1.807, 2.05) is 36.4 Å². The Labute approximate surface area is 151 Å². The fourth-order valence-corrected chi connectivity index (χ4v) is 2.67. The first-order valence-corrected chi connectivity index (χ1v) is 8.48. The maximum Gasteiger partial charge on any atom is 0.253 e. The van der Waals surface area contributed by atoms with Crippen molar-refractivity contribution in [1.82, 2.24) is 14.6 Å². The Morgan fingerprint density at radius 3 is 2.69 bits per heavy atom. The van der Waals surface area contributed by atoms with Crippen LogP contribution in [0.25, 0.3) is 11.3 Å². The van der Waals surface area contributed by atoms with Crippen LogP contribution < -0.4 is 5.56 Å². The first-order chi connectivity index (χ1) is 12.5. The van der Waals surface area contributed by atoms with E-state index in [-0.39, 0.29) is 11.5 Å². The van der Waals surface area contributed by atoms with Crippen molar-refractivity contribution in [2.24, 2.45) is 7.05 Å². The zero-order valence-electron chi connectivity index (χ0n) is 14.9. The van der Waals surface area contributed by atoms with E-state index >= 15 is 0 Å². The van der Waals surface area contributed by atoms with Crippen molar-refractivity contribution in [2.45, 2.75) is 12.8 Å². The molecule has 0 bridgehead atoms. The Morgan fingerprint density at radius 2 is 1.96 bits per heavy atom. The molecule has 0 saturated carbocycles. The third-order valence-corrected chi connectivity index (χ3v) is 4.24. The van der Waals surface area contributed by atoms with Gasteiger partial charge in [-0.05, 0) is 12.5 Å². The Kier molecular flexibility index (Phi) is 5.31. The van der Waals surface area contributed by atoms with E-state index in [9.17, 15) is 9.59 Å². The number of benzene rings is 1. The summed E-state index contributed by atoms with van der Waals surface area (Å²) in [5.74, 6) is 0.628. The lowest BCUT2D eigenvalue weighted by Crippen LogP contribution is -2.29. The van der Waals surface area contributed by atoms with Gasteiger partial charge in [0.25, 0.3) is 11.5 Å². The second-order valence-corrected chi connectivity index (χ2v) is 6.24. The molecule has 0 N–H and O–H groups in total. The number of rotatable bonds is 6. The van der Waals surface area contributed by atoms with E-state index in [0.29, 0.717) is 18.5 Å². The Balaban J connectivity index is 1.54. The third kappa shape index (κ3) is 4.08. The SMILES string of the molecule is CN(CCCc1cc(-c2ccccc2)no1)C(=O)c1ccn(C)c(=O)c1. The number of hydrogen-bond donors (Lipinski definition) is 0. The minimum Gasteiger partial charge on any atom is -0.361 e. The van der Waals surface area contributed by atoms with Gasteiger partial charge >= 0.3 is 0 Å². The quantitative estimate of drug-likeness (QED) is 0.685. The first kappa shape index (κ1) is 17.7. The summed E-state index contributed by atoms with van der Waals surface area (Å²) in [6.07, 6.45) is 3.04. The van der Waals surface area contributed by atoms with Gasteiger partial charge in [-0.3, -0.25) is 9.59 Å². The number of carbonyl (C=O) groups excluding carboxylic acids is 1. The van der Waals surface area contributed by atoms with Gasteiger partial charge in [0.2, 0.25) is 0 Å². The molecular weight excluding hydrogens is 330 g/mol. The van der Waals surface area contributed by atoms with Crippen LogP contribution in [0, 0.1) is 0 Å². The largest absolute Gasteiger partial charge is 0.361 e. The molecule has 0 aliphatic heterocycles. The number of nitrogens with zero attached hydrogens (tertiary/aromatic N) is 3. The standard InChI is InChI=1S/C20H21N3O3/c1-22-12-10-16(13-19(22)24)20(25)23(2)11-6-9-17-14-18(21-26-17)15-7-4-3-5-8-15/h3-5,7-8,10,12-14H,6,9,11H2,1-2H3. The van der Waals surface area contributed by atoms with E-state index in [1.54, 1.807) is 31.3 Å². The molecule has 26 heavy (non-hydrogen) atoms. The van der Waals surface area contributed by atoms with E-state index < -0.39 is 0 Å². The predicted octanol–water partition coefficient (Wildman–Crippen LogP) is 2.75. The number of hydrogen-bond acceptors (Lipinski definition) is 4. The summed E-state index contributed by atoms with van der Waals surface area (Å²) in [6, 6.07) is 14.8. The zero-order chi connectivity index (χ0) is 18.5. The topological polar surface area (TPSA) is 68.3 Å². The number of aryl methyl sites for hydroxylation is 2. The lowest BCUT2D eigenvalue weighted by molar-refractivity contribution is 0.0792. The van der Waals surface area contributed by atoms with E-state index in [1.165, 1.54) is 10.6 Å². The fraction of sp³-hybridized carbons (Fsp3) is 0.250. The number of amides is 1. The highest BCUT2D eigenvalue weighted by molar-refractivity contribution is 5.93. The Bertz CT molecular complexity index is 944. The molecule has 1 amide bonds. The van der Waals surface area contributed by atoms with Crippen molar-refractivity contribution >= 4 is 5.91 Å². The van der Waals surface area contributed by atoms with Gasteiger partial charge in [0.05, 0.1) is 0 Å². The van der Waals surface area contributed by atoms with E-state index in [4.69, 9.17) is 4.52 Å². The van der Waals surface area contributed by atoms with E-state index in [2.05, 4.69) is 5.16 Å². The van der Waals surface area contributed by atoms with Gasteiger partial charge < -0.3 is 14.0 Å². The van der Waals surface area contributed by atoms with Crippen molar-refractivity contribution in [3.63, 3.8) is 0 Å². The Hall–Kier alpha value is -3.15. The predicted molar refractivity (Wildman–Crippen MR) is 98.9 cm³/mol. The van der Waals surface area contributed by atoms with Crippen molar-refractivity contribution in [2.75, 3.05) is 13.6 Å². The molecule has 0 atom stereocenters. The lowest BCUT2D eigenvalue weighted by atomic mass is 10.1. The summed E-state index contributed by atoms with van der Waals surface area (Å²) >= 11 is 0. The molecule has 6 nitrogen and oxygen atoms in total. The van der Waals surface area contributed by atoms with Gasteiger partial charge in [0, 0.05) is 56.5 Å². The number of aromatic nitrogens is 2. The summed E-state index contributed by atoms with van der Waals surface area (Å²) < 4.78 is 6.81. The zero-order valence-corrected chi connectivity index (χ0v) is 14.9. The highest BCUT2D eigenvalue weighted by Crippen LogP contribution is 2.19. The first-order valence-electron chi connectivity index (χ1n) is 8.48. The molecule has 0 aliphatic rings. The van der Waals surface area contributed by atoms with Gasteiger partial charge in [-0.1, -0.05) is 35.5 Å². The summed E-state index contributed by atoms with van der Waals surface area (Å²) in [4.78, 5) is 25.7. The molecule has 3 rings (SSSR count). The van der Waals surface area contributed by atoms with Gasteiger partial charge in [-0.2, -0.15) is 0 Å². The van der Waals surface area contributed by atoms with Gasteiger partial charge in [-0.15, -0.1) is 0 Å². The molecule has 0 spiro atoms. The normalized spacial score (nSPS) is 10.7. The van der Waals surface area contributed by atoms with Crippen LogP contribution in [-0.4, -0.2) is 34.1 Å². The molecule has 6 heteroatoms. The van der Waals surface area contributed by atoms with Crippen molar-refractivity contribution in [3.8, 4) is 11.3 Å². The molecule has 2 aromatic heterocycles. The molecule has 1 aromatic carbocycles. The highest BCUT2D eigenvalue weighted by Gasteiger charge is 2.13. The number of carbonyl (C=O) groups is 1. The van der Waals surface area contributed by atoms with Crippen LogP contribution in [0.4, 0.5) is 0 Å². The smallest absolute Gasteiger partial charge is 0.253 e. The van der Waals surface area contributed by atoms with Gasteiger partial charge in [-0.25, -0.2) is 0 Å². The van der Waals surface area contributed by atoms with Gasteiger partial charge in [0.15, 0.2) is 0 Å². The molecule has 0 saturated heterocycles. The molecule has 0 unspecified atom stereocenters. The summed E-state index contributed by atoms with van der Waals surface area (Å²) in [7, 11) is 3.39. The molecule has 3 aromatic rings. The Morgan fingerprint density at radius 1 is 1.19 bits per heavy atom. The van der Waals surface area contributed by atoms with Crippen molar-refractivity contribution < 1.29 is 9.32 Å². The molecule has 2 heterocycles. The van der Waals surface area contributed by atoms with Crippen LogP contribution in [-0.2, 0) is 13.5 Å². The van der Waals surface area contributed by atoms with Gasteiger partial charge in [0.1, 0.15) is 11.5 Å².